The zero-order chi connectivity index (χ0) is 19.9. The molecular formula is C20H28N4O4. The van der Waals surface area contributed by atoms with Gasteiger partial charge in [0.05, 0.1) is 7.11 Å². The lowest BCUT2D eigenvalue weighted by atomic mass is 9.93. The number of piperidine rings is 1. The summed E-state index contributed by atoms with van der Waals surface area (Å²) in [6.45, 7) is 4.26. The van der Waals surface area contributed by atoms with E-state index in [0.717, 1.165) is 25.9 Å². The van der Waals surface area contributed by atoms with E-state index >= 15 is 0 Å². The van der Waals surface area contributed by atoms with Gasteiger partial charge >= 0.3 is 12.0 Å². The van der Waals surface area contributed by atoms with Gasteiger partial charge in [0.2, 0.25) is 0 Å². The standard InChI is InChI=1S/C20H28N4O4/c1-28-18(25)14-15-6-10-23(11-7-15)19(26)16-2-4-17(5-3-16)22-20(27)24-12-8-21-9-13-24/h2-5,15,21H,6-14H2,1H3,(H,22,27). The number of carbonyl (C=O) groups excluding carboxylic acids is 3. The Morgan fingerprint density at radius 1 is 1.04 bits per heavy atom. The summed E-state index contributed by atoms with van der Waals surface area (Å²) in [4.78, 5) is 39.9. The number of piperazine rings is 1. The fraction of sp³-hybridized carbons (Fsp3) is 0.550. The zero-order valence-corrected chi connectivity index (χ0v) is 16.3. The molecule has 8 nitrogen and oxygen atoms in total. The number of hydrogen-bond donors (Lipinski definition) is 2. The Hall–Kier alpha value is -2.61. The van der Waals surface area contributed by atoms with Gasteiger partial charge in [0.15, 0.2) is 0 Å². The number of urea groups is 1. The minimum Gasteiger partial charge on any atom is -0.469 e. The number of nitrogens with one attached hydrogen (secondary N) is 2. The van der Waals surface area contributed by atoms with Crippen molar-refractivity contribution in [3.05, 3.63) is 29.8 Å². The van der Waals surface area contributed by atoms with Crippen molar-refractivity contribution in [3.8, 4) is 0 Å². The minimum atomic E-state index is -0.191. The van der Waals surface area contributed by atoms with Crippen LogP contribution in [0.25, 0.3) is 0 Å². The first-order chi connectivity index (χ1) is 13.6. The van der Waals surface area contributed by atoms with Crippen LogP contribution < -0.4 is 10.6 Å². The molecule has 1 aromatic rings. The lowest BCUT2D eigenvalue weighted by Gasteiger charge is -2.31. The van der Waals surface area contributed by atoms with E-state index in [1.807, 2.05) is 4.90 Å². The van der Waals surface area contributed by atoms with Crippen molar-refractivity contribution in [3.63, 3.8) is 0 Å². The number of esters is 1. The first-order valence-electron chi connectivity index (χ1n) is 9.79. The van der Waals surface area contributed by atoms with Crippen LogP contribution in [-0.2, 0) is 9.53 Å². The summed E-state index contributed by atoms with van der Waals surface area (Å²) in [6, 6.07) is 6.90. The fourth-order valence-corrected chi connectivity index (χ4v) is 3.61. The largest absolute Gasteiger partial charge is 0.469 e. The van der Waals surface area contributed by atoms with E-state index < -0.39 is 0 Å². The predicted molar refractivity (Wildman–Crippen MR) is 105 cm³/mol. The van der Waals surface area contributed by atoms with E-state index in [1.165, 1.54) is 7.11 Å². The van der Waals surface area contributed by atoms with Crippen molar-refractivity contribution in [2.24, 2.45) is 5.92 Å². The summed E-state index contributed by atoms with van der Waals surface area (Å²) in [6.07, 6.45) is 2.03. The van der Waals surface area contributed by atoms with E-state index in [-0.39, 0.29) is 23.8 Å². The predicted octanol–water partition coefficient (Wildman–Crippen LogP) is 1.54. The molecular weight excluding hydrogens is 360 g/mol. The van der Waals surface area contributed by atoms with Gasteiger partial charge in [0.25, 0.3) is 5.91 Å². The molecule has 2 saturated heterocycles. The highest BCUT2D eigenvalue weighted by Gasteiger charge is 2.25. The Morgan fingerprint density at radius 2 is 1.68 bits per heavy atom. The van der Waals surface area contributed by atoms with Crippen LogP contribution in [0.15, 0.2) is 24.3 Å². The van der Waals surface area contributed by atoms with Crippen molar-refractivity contribution in [2.75, 3.05) is 51.7 Å². The number of hydrogen-bond acceptors (Lipinski definition) is 5. The third-order valence-electron chi connectivity index (χ3n) is 5.37. The molecule has 0 aliphatic carbocycles. The summed E-state index contributed by atoms with van der Waals surface area (Å²) in [7, 11) is 1.40. The average molecular weight is 388 g/mol. The monoisotopic (exact) mass is 388 g/mol. The molecule has 0 saturated carbocycles. The van der Waals surface area contributed by atoms with Crippen LogP contribution in [0.3, 0.4) is 0 Å². The normalized spacial score (nSPS) is 17.9. The molecule has 2 N–H and O–H groups in total. The SMILES string of the molecule is COC(=O)CC1CCN(C(=O)c2ccc(NC(=O)N3CCNCC3)cc2)CC1. The Labute approximate surface area is 165 Å². The topological polar surface area (TPSA) is 91.0 Å². The van der Waals surface area contributed by atoms with E-state index in [1.54, 1.807) is 29.2 Å². The van der Waals surface area contributed by atoms with Gasteiger partial charge in [-0.2, -0.15) is 0 Å². The maximum atomic E-state index is 12.7. The number of methoxy groups -OCH3 is 1. The lowest BCUT2D eigenvalue weighted by molar-refractivity contribution is -0.142. The Bertz CT molecular complexity index is 693. The molecule has 0 atom stereocenters. The minimum absolute atomic E-state index is 0.0171. The molecule has 3 rings (SSSR count). The zero-order valence-electron chi connectivity index (χ0n) is 16.3. The maximum Gasteiger partial charge on any atom is 0.321 e. The van der Waals surface area contributed by atoms with Crippen molar-refractivity contribution in [1.82, 2.24) is 15.1 Å². The van der Waals surface area contributed by atoms with Crippen molar-refractivity contribution in [1.29, 1.82) is 0 Å². The fourth-order valence-electron chi connectivity index (χ4n) is 3.61. The summed E-state index contributed by atoms with van der Waals surface area (Å²) in [5.41, 5.74) is 1.28. The van der Waals surface area contributed by atoms with Crippen molar-refractivity contribution < 1.29 is 19.1 Å². The first kappa shape index (κ1) is 20.1. The molecule has 1 aromatic carbocycles. The summed E-state index contributed by atoms with van der Waals surface area (Å²) in [5, 5.41) is 6.09. The number of nitrogens with zero attached hydrogens (tertiary/aromatic N) is 2. The number of ether oxygens (including phenoxy) is 1. The highest BCUT2D eigenvalue weighted by Crippen LogP contribution is 2.22. The quantitative estimate of drug-likeness (QED) is 0.764. The molecule has 2 heterocycles. The Morgan fingerprint density at radius 3 is 2.29 bits per heavy atom. The Balaban J connectivity index is 1.50. The smallest absolute Gasteiger partial charge is 0.321 e. The second-order valence-corrected chi connectivity index (χ2v) is 7.26. The molecule has 0 spiro atoms. The van der Waals surface area contributed by atoms with Crippen LogP contribution in [0.2, 0.25) is 0 Å². The van der Waals surface area contributed by atoms with Gasteiger partial charge in [-0.1, -0.05) is 0 Å². The van der Waals surface area contributed by atoms with Gasteiger partial charge in [0.1, 0.15) is 0 Å². The van der Waals surface area contributed by atoms with Crippen molar-refractivity contribution in [2.45, 2.75) is 19.3 Å². The van der Waals surface area contributed by atoms with Gasteiger partial charge in [-0.15, -0.1) is 0 Å². The highest BCUT2D eigenvalue weighted by atomic mass is 16.5. The number of likely N-dealkylation sites (tertiary alicyclic amines) is 1. The van der Waals surface area contributed by atoms with E-state index in [0.29, 0.717) is 43.9 Å². The van der Waals surface area contributed by atoms with E-state index in [4.69, 9.17) is 4.74 Å². The maximum absolute atomic E-state index is 12.7. The first-order valence-corrected chi connectivity index (χ1v) is 9.79. The van der Waals surface area contributed by atoms with Crippen LogP contribution >= 0.6 is 0 Å². The summed E-state index contributed by atoms with van der Waals surface area (Å²) >= 11 is 0. The second-order valence-electron chi connectivity index (χ2n) is 7.26. The van der Waals surface area contributed by atoms with Crippen molar-refractivity contribution >= 4 is 23.6 Å². The summed E-state index contributed by atoms with van der Waals surface area (Å²) < 4.78 is 4.72. The molecule has 28 heavy (non-hydrogen) atoms. The molecule has 0 unspecified atom stereocenters. The average Bonchev–Trinajstić information content (AvgIpc) is 2.75. The lowest BCUT2D eigenvalue weighted by Crippen LogP contribution is -2.48. The molecule has 2 fully saturated rings. The number of anilines is 1. The van der Waals surface area contributed by atoms with Crippen LogP contribution in [0, 0.1) is 5.92 Å². The number of carbonyl (C=O) groups is 3. The molecule has 0 bridgehead atoms. The molecule has 8 heteroatoms. The number of rotatable bonds is 4. The molecule has 2 aliphatic rings. The molecule has 152 valence electrons. The van der Waals surface area contributed by atoms with E-state index in [9.17, 15) is 14.4 Å². The van der Waals surface area contributed by atoms with Gasteiger partial charge in [-0.05, 0) is 43.0 Å². The third-order valence-corrected chi connectivity index (χ3v) is 5.37. The van der Waals surface area contributed by atoms with Gasteiger partial charge in [0, 0.05) is 56.9 Å². The van der Waals surface area contributed by atoms with Gasteiger partial charge < -0.3 is 25.2 Å². The molecule has 0 aromatic heterocycles. The molecule has 0 radical (unpaired) electrons. The van der Waals surface area contributed by atoms with Gasteiger partial charge in [-0.25, -0.2) is 4.79 Å². The van der Waals surface area contributed by atoms with Crippen LogP contribution in [-0.4, -0.2) is 74.1 Å². The molecule has 2 aliphatic heterocycles. The van der Waals surface area contributed by atoms with Crippen LogP contribution in [0.5, 0.6) is 0 Å². The van der Waals surface area contributed by atoms with Crippen LogP contribution in [0.4, 0.5) is 10.5 Å². The van der Waals surface area contributed by atoms with E-state index in [2.05, 4.69) is 10.6 Å². The summed E-state index contributed by atoms with van der Waals surface area (Å²) in [5.74, 6) is 0.0683. The van der Waals surface area contributed by atoms with Gasteiger partial charge in [-0.3, -0.25) is 9.59 Å². The molecule has 3 amide bonds. The third kappa shape index (κ3) is 5.22. The Kier molecular flexibility index (Phi) is 6.86. The number of benzene rings is 1. The van der Waals surface area contributed by atoms with Crippen LogP contribution in [0.1, 0.15) is 29.6 Å². The number of amides is 3. The second kappa shape index (κ2) is 9.54. The highest BCUT2D eigenvalue weighted by molar-refractivity contribution is 5.95.